The molecule has 0 spiro atoms. The fourth-order valence-electron chi connectivity index (χ4n) is 2.35. The minimum atomic E-state index is -1.01. The molecule has 1 aromatic heterocycles. The molecule has 0 saturated heterocycles. The highest BCUT2D eigenvalue weighted by molar-refractivity contribution is 5.88. The predicted octanol–water partition coefficient (Wildman–Crippen LogP) is 1.45. The number of rotatable bonds is 4. The first-order chi connectivity index (χ1) is 9.06. The van der Waals surface area contributed by atoms with E-state index in [2.05, 4.69) is 15.3 Å². The van der Waals surface area contributed by atoms with Crippen molar-refractivity contribution in [3.8, 4) is 0 Å². The number of hydrogen-bond donors (Lipinski definition) is 3. The number of aliphatic hydroxyl groups excluding tert-OH is 1. The van der Waals surface area contributed by atoms with Gasteiger partial charge < -0.3 is 15.5 Å². The normalized spacial score (nSPS) is 23.1. The summed E-state index contributed by atoms with van der Waals surface area (Å²) in [6.45, 7) is 2.42. The van der Waals surface area contributed by atoms with Crippen molar-refractivity contribution in [2.24, 2.45) is 5.92 Å². The Balaban J connectivity index is 1.89. The van der Waals surface area contributed by atoms with Crippen LogP contribution in [-0.4, -0.2) is 38.8 Å². The Labute approximate surface area is 111 Å². The van der Waals surface area contributed by atoms with Crippen LogP contribution in [0.2, 0.25) is 0 Å². The lowest BCUT2D eigenvalue weighted by molar-refractivity contribution is 0.0695. The highest BCUT2D eigenvalue weighted by Gasteiger charge is 2.19. The first-order valence-electron chi connectivity index (χ1n) is 6.55. The first kappa shape index (κ1) is 13.7. The number of hydrogen-bond acceptors (Lipinski definition) is 5. The van der Waals surface area contributed by atoms with E-state index in [1.807, 2.05) is 0 Å². The number of aromatic carboxylic acids is 1. The summed E-state index contributed by atoms with van der Waals surface area (Å²) < 4.78 is 0. The Morgan fingerprint density at radius 1 is 1.42 bits per heavy atom. The smallest absolute Gasteiger partial charge is 0.339 e. The molecule has 6 heteroatoms. The van der Waals surface area contributed by atoms with Crippen LogP contribution in [0.25, 0.3) is 0 Å². The summed E-state index contributed by atoms with van der Waals surface area (Å²) in [5.74, 6) is -0.0228. The number of anilines is 1. The third kappa shape index (κ3) is 3.64. The van der Waals surface area contributed by atoms with Gasteiger partial charge in [-0.2, -0.15) is 0 Å². The van der Waals surface area contributed by atoms with Gasteiger partial charge in [0.1, 0.15) is 0 Å². The van der Waals surface area contributed by atoms with Crippen molar-refractivity contribution in [2.75, 3.05) is 11.9 Å². The van der Waals surface area contributed by atoms with Crippen molar-refractivity contribution in [2.45, 2.75) is 38.7 Å². The van der Waals surface area contributed by atoms with Gasteiger partial charge in [-0.05, 0) is 38.5 Å². The molecule has 0 amide bonds. The topological polar surface area (TPSA) is 95.3 Å². The molecule has 0 aromatic carbocycles. The van der Waals surface area contributed by atoms with Crippen molar-refractivity contribution >= 4 is 11.9 Å². The maximum atomic E-state index is 10.8. The van der Waals surface area contributed by atoms with Crippen LogP contribution in [0, 0.1) is 12.8 Å². The van der Waals surface area contributed by atoms with Gasteiger partial charge in [-0.1, -0.05) is 0 Å². The van der Waals surface area contributed by atoms with Crippen molar-refractivity contribution in [1.82, 2.24) is 9.97 Å². The Kier molecular flexibility index (Phi) is 4.31. The molecule has 1 fully saturated rings. The van der Waals surface area contributed by atoms with Gasteiger partial charge >= 0.3 is 5.97 Å². The van der Waals surface area contributed by atoms with Crippen LogP contribution in [-0.2, 0) is 0 Å². The molecule has 0 atom stereocenters. The molecule has 6 nitrogen and oxygen atoms in total. The molecule has 2 rings (SSSR count). The molecule has 0 radical (unpaired) electrons. The number of aliphatic hydroxyl groups is 1. The summed E-state index contributed by atoms with van der Waals surface area (Å²) in [6.07, 6.45) is 4.89. The second-order valence-corrected chi connectivity index (χ2v) is 5.05. The van der Waals surface area contributed by atoms with E-state index in [4.69, 9.17) is 5.11 Å². The Morgan fingerprint density at radius 3 is 2.68 bits per heavy atom. The van der Waals surface area contributed by atoms with Crippen LogP contribution in [0.1, 0.15) is 41.7 Å². The zero-order valence-corrected chi connectivity index (χ0v) is 11.0. The quantitative estimate of drug-likeness (QED) is 0.762. The number of nitrogens with zero attached hydrogens (tertiary/aromatic N) is 2. The Bertz CT molecular complexity index is 456. The average molecular weight is 265 g/mol. The average Bonchev–Trinajstić information content (AvgIpc) is 2.37. The van der Waals surface area contributed by atoms with Gasteiger partial charge in [0.25, 0.3) is 0 Å². The minimum Gasteiger partial charge on any atom is -0.478 e. The summed E-state index contributed by atoms with van der Waals surface area (Å²) >= 11 is 0. The molecule has 1 saturated carbocycles. The number of carboxylic acid groups (broad SMARTS) is 1. The minimum absolute atomic E-state index is 0.131. The van der Waals surface area contributed by atoms with Gasteiger partial charge in [-0.3, -0.25) is 0 Å². The number of carbonyl (C=O) groups is 1. The third-order valence-corrected chi connectivity index (χ3v) is 3.57. The van der Waals surface area contributed by atoms with Gasteiger partial charge in [0, 0.05) is 12.7 Å². The molecule has 1 aliphatic carbocycles. The molecule has 104 valence electrons. The van der Waals surface area contributed by atoms with Gasteiger partial charge in [0.15, 0.2) is 0 Å². The van der Waals surface area contributed by atoms with Gasteiger partial charge in [-0.25, -0.2) is 14.8 Å². The Morgan fingerprint density at radius 2 is 2.11 bits per heavy atom. The van der Waals surface area contributed by atoms with Crippen LogP contribution in [0.15, 0.2) is 6.20 Å². The van der Waals surface area contributed by atoms with Gasteiger partial charge in [0.2, 0.25) is 5.95 Å². The van der Waals surface area contributed by atoms with Crippen LogP contribution in [0.3, 0.4) is 0 Å². The highest BCUT2D eigenvalue weighted by Crippen LogP contribution is 2.24. The van der Waals surface area contributed by atoms with E-state index >= 15 is 0 Å². The second-order valence-electron chi connectivity index (χ2n) is 5.05. The lowest BCUT2D eigenvalue weighted by Gasteiger charge is -2.25. The summed E-state index contributed by atoms with van der Waals surface area (Å²) in [5, 5.41) is 21.5. The van der Waals surface area contributed by atoms with E-state index in [0.717, 1.165) is 32.2 Å². The molecule has 1 aliphatic rings. The molecule has 1 aromatic rings. The van der Waals surface area contributed by atoms with E-state index in [-0.39, 0.29) is 11.7 Å². The van der Waals surface area contributed by atoms with E-state index in [1.54, 1.807) is 6.92 Å². The van der Waals surface area contributed by atoms with Gasteiger partial charge in [0.05, 0.1) is 17.4 Å². The largest absolute Gasteiger partial charge is 0.478 e. The SMILES string of the molecule is Cc1nc(NCC2CCC(O)CC2)ncc1C(=O)O. The predicted molar refractivity (Wildman–Crippen MR) is 70.2 cm³/mol. The molecule has 1 heterocycles. The fraction of sp³-hybridized carbons (Fsp3) is 0.615. The van der Waals surface area contributed by atoms with Crippen LogP contribution in [0.4, 0.5) is 5.95 Å². The van der Waals surface area contributed by atoms with E-state index in [0.29, 0.717) is 17.6 Å². The summed E-state index contributed by atoms with van der Waals surface area (Å²) in [6, 6.07) is 0. The van der Waals surface area contributed by atoms with Crippen LogP contribution < -0.4 is 5.32 Å². The van der Waals surface area contributed by atoms with Crippen molar-refractivity contribution in [3.05, 3.63) is 17.5 Å². The first-order valence-corrected chi connectivity index (χ1v) is 6.55. The summed E-state index contributed by atoms with van der Waals surface area (Å²) in [7, 11) is 0. The summed E-state index contributed by atoms with van der Waals surface area (Å²) in [4.78, 5) is 19.0. The molecule has 3 N–H and O–H groups in total. The van der Waals surface area contributed by atoms with Gasteiger partial charge in [-0.15, -0.1) is 0 Å². The van der Waals surface area contributed by atoms with Crippen molar-refractivity contribution in [1.29, 1.82) is 0 Å². The van der Waals surface area contributed by atoms with Crippen LogP contribution in [0.5, 0.6) is 0 Å². The lowest BCUT2D eigenvalue weighted by Crippen LogP contribution is -2.24. The molecule has 0 aliphatic heterocycles. The third-order valence-electron chi connectivity index (χ3n) is 3.57. The van der Waals surface area contributed by atoms with Crippen LogP contribution >= 0.6 is 0 Å². The number of carboxylic acids is 1. The maximum Gasteiger partial charge on any atom is 0.339 e. The van der Waals surface area contributed by atoms with E-state index < -0.39 is 5.97 Å². The number of aromatic nitrogens is 2. The second kappa shape index (κ2) is 5.97. The highest BCUT2D eigenvalue weighted by atomic mass is 16.4. The number of aryl methyl sites for hydroxylation is 1. The summed E-state index contributed by atoms with van der Waals surface area (Å²) in [5.41, 5.74) is 0.593. The fourth-order valence-corrected chi connectivity index (χ4v) is 2.35. The number of nitrogens with one attached hydrogen (secondary N) is 1. The Hall–Kier alpha value is -1.69. The van der Waals surface area contributed by atoms with Crippen molar-refractivity contribution in [3.63, 3.8) is 0 Å². The standard InChI is InChI=1S/C13H19N3O3/c1-8-11(12(18)19)7-15-13(16-8)14-6-9-2-4-10(17)5-3-9/h7,9-10,17H,2-6H2,1H3,(H,18,19)(H,14,15,16). The molecular weight excluding hydrogens is 246 g/mol. The monoisotopic (exact) mass is 265 g/mol. The van der Waals surface area contributed by atoms with E-state index in [9.17, 15) is 9.90 Å². The molecule has 19 heavy (non-hydrogen) atoms. The zero-order chi connectivity index (χ0) is 13.8. The maximum absolute atomic E-state index is 10.8. The van der Waals surface area contributed by atoms with Crippen molar-refractivity contribution < 1.29 is 15.0 Å². The zero-order valence-electron chi connectivity index (χ0n) is 11.0. The molecule has 0 bridgehead atoms. The lowest BCUT2D eigenvalue weighted by atomic mass is 9.87. The molecule has 0 unspecified atom stereocenters. The molecular formula is C13H19N3O3. The van der Waals surface area contributed by atoms with E-state index in [1.165, 1.54) is 6.20 Å².